The third-order valence-electron chi connectivity index (χ3n) is 6.09. The maximum absolute atomic E-state index is 13.9. The van der Waals surface area contributed by atoms with Crippen LogP contribution in [0.5, 0.6) is 5.75 Å². The van der Waals surface area contributed by atoms with E-state index in [1.165, 1.54) is 12.7 Å². The first kappa shape index (κ1) is 19.9. The monoisotopic (exact) mass is 397 g/mol. The van der Waals surface area contributed by atoms with Crippen molar-refractivity contribution in [2.45, 2.75) is 25.9 Å². The molecule has 2 aromatic rings. The minimum absolute atomic E-state index is 0.137. The van der Waals surface area contributed by atoms with Crippen molar-refractivity contribution in [1.29, 1.82) is 0 Å². The average Bonchev–Trinajstić information content (AvgIpc) is 3.17. The first-order valence-corrected chi connectivity index (χ1v) is 10.2. The number of nitrogens with zero attached hydrogens (tertiary/aromatic N) is 3. The van der Waals surface area contributed by atoms with Gasteiger partial charge in [0.15, 0.2) is 11.6 Å². The molecule has 0 radical (unpaired) electrons. The number of amides is 1. The number of methoxy groups -OCH3 is 1. The van der Waals surface area contributed by atoms with Crippen molar-refractivity contribution < 1.29 is 13.9 Å². The number of para-hydroxylation sites is 1. The first-order valence-electron chi connectivity index (χ1n) is 10.2. The van der Waals surface area contributed by atoms with Crippen molar-refractivity contribution in [2.75, 3.05) is 44.7 Å². The Morgan fingerprint density at radius 3 is 2.59 bits per heavy atom. The van der Waals surface area contributed by atoms with E-state index in [-0.39, 0.29) is 23.5 Å². The van der Waals surface area contributed by atoms with Gasteiger partial charge in [0, 0.05) is 45.0 Å². The third kappa shape index (κ3) is 4.14. The smallest absolute Gasteiger partial charge is 0.244 e. The van der Waals surface area contributed by atoms with E-state index in [2.05, 4.69) is 15.9 Å². The Morgan fingerprint density at radius 1 is 1.10 bits per heavy atom. The second kappa shape index (κ2) is 8.51. The number of carbonyl (C=O) groups is 1. The zero-order valence-corrected chi connectivity index (χ0v) is 17.1. The number of halogens is 1. The summed E-state index contributed by atoms with van der Waals surface area (Å²) in [5.74, 6) is 0.128. The van der Waals surface area contributed by atoms with Crippen molar-refractivity contribution in [3.05, 3.63) is 59.4 Å². The number of rotatable bonds is 5. The fourth-order valence-corrected chi connectivity index (χ4v) is 4.32. The quantitative estimate of drug-likeness (QED) is 0.777. The lowest BCUT2D eigenvalue weighted by Gasteiger charge is -2.38. The van der Waals surface area contributed by atoms with E-state index >= 15 is 0 Å². The Kier molecular flexibility index (Phi) is 5.83. The van der Waals surface area contributed by atoms with Crippen LogP contribution < -0.4 is 9.64 Å². The molecule has 0 spiro atoms. The molecule has 0 unspecified atom stereocenters. The van der Waals surface area contributed by atoms with E-state index in [0.717, 1.165) is 50.4 Å². The first-order chi connectivity index (χ1) is 14.1. The van der Waals surface area contributed by atoms with Crippen LogP contribution in [0.3, 0.4) is 0 Å². The molecule has 0 saturated carbocycles. The maximum atomic E-state index is 13.9. The summed E-state index contributed by atoms with van der Waals surface area (Å²) in [6.07, 6.45) is 0.931. The van der Waals surface area contributed by atoms with Gasteiger partial charge in [0.05, 0.1) is 13.2 Å². The summed E-state index contributed by atoms with van der Waals surface area (Å²) < 4.78 is 18.9. The van der Waals surface area contributed by atoms with Crippen LogP contribution in [0, 0.1) is 5.82 Å². The SMILES string of the molecule is COc1ccc(CN2CCN([C@@H](C)C(=O)N3CCc4ccccc43)CC2)cc1F. The molecule has 2 heterocycles. The van der Waals surface area contributed by atoms with E-state index < -0.39 is 0 Å². The Labute approximate surface area is 171 Å². The molecule has 1 fully saturated rings. The molecule has 1 saturated heterocycles. The molecular weight excluding hydrogens is 369 g/mol. The molecule has 0 N–H and O–H groups in total. The molecule has 1 atom stereocenters. The fourth-order valence-electron chi connectivity index (χ4n) is 4.32. The van der Waals surface area contributed by atoms with Crippen LogP contribution in [0.1, 0.15) is 18.1 Å². The highest BCUT2D eigenvalue weighted by Gasteiger charge is 2.32. The van der Waals surface area contributed by atoms with Crippen molar-refractivity contribution in [2.24, 2.45) is 0 Å². The molecule has 0 aromatic heterocycles. The van der Waals surface area contributed by atoms with Gasteiger partial charge < -0.3 is 9.64 Å². The normalized spacial score (nSPS) is 18.5. The van der Waals surface area contributed by atoms with Crippen LogP contribution in [-0.4, -0.2) is 61.6 Å². The summed E-state index contributed by atoms with van der Waals surface area (Å²) in [5, 5.41) is 0. The van der Waals surface area contributed by atoms with Crippen LogP contribution >= 0.6 is 0 Å². The summed E-state index contributed by atoms with van der Waals surface area (Å²) in [6, 6.07) is 13.2. The van der Waals surface area contributed by atoms with Crippen molar-refractivity contribution in [3.8, 4) is 5.75 Å². The molecule has 29 heavy (non-hydrogen) atoms. The van der Waals surface area contributed by atoms with Gasteiger partial charge in [-0.1, -0.05) is 24.3 Å². The molecule has 154 valence electrons. The topological polar surface area (TPSA) is 36.0 Å². The summed E-state index contributed by atoms with van der Waals surface area (Å²) in [6.45, 7) is 6.88. The number of carbonyl (C=O) groups excluding carboxylic acids is 1. The second-order valence-corrected chi connectivity index (χ2v) is 7.83. The maximum Gasteiger partial charge on any atom is 0.244 e. The molecule has 2 aromatic carbocycles. The number of hydrogen-bond acceptors (Lipinski definition) is 4. The van der Waals surface area contributed by atoms with Gasteiger partial charge in [0.1, 0.15) is 0 Å². The molecule has 0 aliphatic carbocycles. The van der Waals surface area contributed by atoms with Crippen LogP contribution in [-0.2, 0) is 17.8 Å². The van der Waals surface area contributed by atoms with E-state index in [1.807, 2.05) is 36.1 Å². The van der Waals surface area contributed by atoms with E-state index in [1.54, 1.807) is 12.1 Å². The predicted molar refractivity (Wildman–Crippen MR) is 112 cm³/mol. The van der Waals surface area contributed by atoms with Crippen molar-refractivity contribution in [1.82, 2.24) is 9.80 Å². The van der Waals surface area contributed by atoms with Crippen LogP contribution in [0.4, 0.5) is 10.1 Å². The Hall–Kier alpha value is -2.44. The van der Waals surface area contributed by atoms with Crippen LogP contribution in [0.15, 0.2) is 42.5 Å². The van der Waals surface area contributed by atoms with Gasteiger partial charge in [-0.2, -0.15) is 0 Å². The van der Waals surface area contributed by atoms with Gasteiger partial charge in [0.25, 0.3) is 0 Å². The molecule has 6 heteroatoms. The van der Waals surface area contributed by atoms with Crippen LogP contribution in [0.2, 0.25) is 0 Å². The van der Waals surface area contributed by atoms with Gasteiger partial charge in [-0.25, -0.2) is 4.39 Å². The highest BCUT2D eigenvalue weighted by atomic mass is 19.1. The Morgan fingerprint density at radius 2 is 1.86 bits per heavy atom. The van der Waals surface area contributed by atoms with Crippen molar-refractivity contribution >= 4 is 11.6 Å². The Bertz CT molecular complexity index is 880. The standard InChI is InChI=1S/C23H28FN3O2/c1-17(23(28)27-10-9-19-5-3-4-6-21(19)27)26-13-11-25(12-14-26)16-18-7-8-22(29-2)20(24)15-18/h3-8,15,17H,9-14,16H2,1-2H3/t17-/m0/s1. The molecule has 5 nitrogen and oxygen atoms in total. The predicted octanol–water partition coefficient (Wildman–Crippen LogP) is 2.93. The number of benzene rings is 2. The average molecular weight is 397 g/mol. The Balaban J connectivity index is 1.32. The van der Waals surface area contributed by atoms with Crippen LogP contribution in [0.25, 0.3) is 0 Å². The highest BCUT2D eigenvalue weighted by Crippen LogP contribution is 2.28. The van der Waals surface area contributed by atoms with Gasteiger partial charge in [-0.3, -0.25) is 14.6 Å². The summed E-state index contributed by atoms with van der Waals surface area (Å²) in [7, 11) is 1.47. The van der Waals surface area contributed by atoms with Gasteiger partial charge in [-0.05, 0) is 42.7 Å². The fraction of sp³-hybridized carbons (Fsp3) is 0.435. The molecule has 1 amide bonds. The number of ether oxygens (including phenoxy) is 1. The molecule has 4 rings (SSSR count). The lowest BCUT2D eigenvalue weighted by Crippen LogP contribution is -2.54. The zero-order chi connectivity index (χ0) is 20.4. The summed E-state index contributed by atoms with van der Waals surface area (Å²) >= 11 is 0. The van der Waals surface area contributed by atoms with Gasteiger partial charge in [-0.15, -0.1) is 0 Å². The second-order valence-electron chi connectivity index (χ2n) is 7.83. The summed E-state index contributed by atoms with van der Waals surface area (Å²) in [4.78, 5) is 19.6. The van der Waals surface area contributed by atoms with Crippen molar-refractivity contribution in [3.63, 3.8) is 0 Å². The minimum Gasteiger partial charge on any atom is -0.494 e. The molecule has 0 bridgehead atoms. The lowest BCUT2D eigenvalue weighted by atomic mass is 10.1. The number of anilines is 1. The number of hydrogen-bond donors (Lipinski definition) is 0. The van der Waals surface area contributed by atoms with Gasteiger partial charge in [0.2, 0.25) is 5.91 Å². The lowest BCUT2D eigenvalue weighted by molar-refractivity contribution is -0.123. The number of fused-ring (bicyclic) bond motifs is 1. The molecule has 2 aliphatic heterocycles. The minimum atomic E-state index is -0.325. The summed E-state index contributed by atoms with van der Waals surface area (Å²) in [5.41, 5.74) is 3.25. The highest BCUT2D eigenvalue weighted by molar-refractivity contribution is 5.98. The number of piperazine rings is 1. The molecule has 2 aliphatic rings. The molecular formula is C23H28FN3O2. The van der Waals surface area contributed by atoms with Gasteiger partial charge >= 0.3 is 0 Å². The van der Waals surface area contributed by atoms with E-state index in [9.17, 15) is 9.18 Å². The third-order valence-corrected chi connectivity index (χ3v) is 6.09. The van der Waals surface area contributed by atoms with E-state index in [0.29, 0.717) is 6.54 Å². The largest absolute Gasteiger partial charge is 0.494 e. The zero-order valence-electron chi connectivity index (χ0n) is 17.1. The van der Waals surface area contributed by atoms with E-state index in [4.69, 9.17) is 4.74 Å².